The number of rotatable bonds is 11. The number of thiazole rings is 2. The molecule has 1 aliphatic rings. The van der Waals surface area contributed by atoms with E-state index in [-0.39, 0.29) is 18.1 Å². The molecule has 0 saturated heterocycles. The van der Waals surface area contributed by atoms with Crippen molar-refractivity contribution in [3.05, 3.63) is 87.2 Å². The maximum Gasteiger partial charge on any atom is 0.355 e. The summed E-state index contributed by atoms with van der Waals surface area (Å²) in [6.45, 7) is 4.73. The van der Waals surface area contributed by atoms with Gasteiger partial charge in [-0.2, -0.15) is 0 Å². The molecule has 3 heterocycles. The third-order valence-corrected chi connectivity index (χ3v) is 9.22. The number of aryl methyl sites for hydroxylation is 2. The summed E-state index contributed by atoms with van der Waals surface area (Å²) in [5.74, 6) is -0.353. The van der Waals surface area contributed by atoms with E-state index in [0.717, 1.165) is 46.2 Å². The molecule has 0 amide bonds. The first-order valence-electron chi connectivity index (χ1n) is 13.7. The Morgan fingerprint density at radius 1 is 1.21 bits per heavy atom. The molecule has 4 aromatic rings. The summed E-state index contributed by atoms with van der Waals surface area (Å²) in [6.07, 6.45) is 3.20. The minimum absolute atomic E-state index is 0.00215. The highest BCUT2D eigenvalue weighted by Gasteiger charge is 2.26. The molecule has 0 fully saturated rings. The zero-order valence-electron chi connectivity index (χ0n) is 23.4. The van der Waals surface area contributed by atoms with E-state index in [0.29, 0.717) is 46.2 Å². The lowest BCUT2D eigenvalue weighted by atomic mass is 9.99. The number of fused-ring (bicyclic) bond motifs is 1. The molecule has 220 valence electrons. The molecule has 9 nitrogen and oxygen atoms in total. The second kappa shape index (κ2) is 12.8. The number of hydrogen-bond acceptors (Lipinski definition) is 10. The molecule has 5 rings (SSSR count). The maximum absolute atomic E-state index is 14.2. The topological polar surface area (TPSA) is 140 Å². The van der Waals surface area contributed by atoms with Gasteiger partial charge in [-0.15, -0.1) is 11.3 Å². The molecule has 12 heteroatoms. The molecular formula is C30H33FN6O3S2. The van der Waals surface area contributed by atoms with Gasteiger partial charge in [0.25, 0.3) is 0 Å². The fourth-order valence-corrected chi connectivity index (χ4v) is 6.80. The van der Waals surface area contributed by atoms with E-state index in [1.807, 2.05) is 49.1 Å². The quantitative estimate of drug-likeness (QED) is 0.146. The van der Waals surface area contributed by atoms with Crippen molar-refractivity contribution in [2.24, 2.45) is 11.5 Å². The molecule has 0 atom stereocenters. The van der Waals surface area contributed by atoms with Crippen molar-refractivity contribution in [2.45, 2.75) is 46.0 Å². The van der Waals surface area contributed by atoms with Crippen LogP contribution in [0.4, 0.5) is 14.7 Å². The number of carbonyl (C=O) groups is 1. The van der Waals surface area contributed by atoms with Gasteiger partial charge < -0.3 is 31.5 Å². The minimum Gasteiger partial charge on any atom is -0.491 e. The highest BCUT2D eigenvalue weighted by molar-refractivity contribution is 7.22. The summed E-state index contributed by atoms with van der Waals surface area (Å²) in [4.78, 5) is 23.5. The number of nitrogens with one attached hydrogen (secondary N) is 1. The SMILES string of the molecule is CCc1ccc(OCCCc2sc(N3CCCC(/C(C)=C(\N)Nc4nc5ccccc5s4)=C3N)nc2C(=O)O)c(F)c1. The minimum atomic E-state index is -1.10. The summed E-state index contributed by atoms with van der Waals surface area (Å²) < 4.78 is 20.9. The zero-order valence-corrected chi connectivity index (χ0v) is 25.1. The summed E-state index contributed by atoms with van der Waals surface area (Å²) >= 11 is 2.82. The Balaban J connectivity index is 1.30. The van der Waals surface area contributed by atoms with Crippen molar-refractivity contribution in [1.82, 2.24) is 9.97 Å². The number of anilines is 2. The van der Waals surface area contributed by atoms with Gasteiger partial charge in [0.15, 0.2) is 27.5 Å². The van der Waals surface area contributed by atoms with Gasteiger partial charge in [0.1, 0.15) is 11.6 Å². The van der Waals surface area contributed by atoms with Crippen molar-refractivity contribution < 1.29 is 19.0 Å². The monoisotopic (exact) mass is 608 g/mol. The number of hydrogen-bond donors (Lipinski definition) is 4. The van der Waals surface area contributed by atoms with Crippen LogP contribution in [-0.4, -0.2) is 34.2 Å². The molecule has 1 aliphatic heterocycles. The van der Waals surface area contributed by atoms with Crippen molar-refractivity contribution in [3.63, 3.8) is 0 Å². The summed E-state index contributed by atoms with van der Waals surface area (Å²) in [5, 5.41) is 14.3. The first kappa shape index (κ1) is 29.3. The first-order valence-corrected chi connectivity index (χ1v) is 15.4. The van der Waals surface area contributed by atoms with Gasteiger partial charge in [0.05, 0.1) is 16.8 Å². The Bertz CT molecular complexity index is 1650. The van der Waals surface area contributed by atoms with Gasteiger partial charge in [-0.1, -0.05) is 36.5 Å². The van der Waals surface area contributed by atoms with Crippen LogP contribution in [0.2, 0.25) is 0 Å². The third kappa shape index (κ3) is 6.34. The molecule has 42 heavy (non-hydrogen) atoms. The van der Waals surface area contributed by atoms with E-state index in [1.54, 1.807) is 6.07 Å². The van der Waals surface area contributed by atoms with Crippen molar-refractivity contribution >= 4 is 49.1 Å². The molecule has 0 aliphatic carbocycles. The first-order chi connectivity index (χ1) is 20.2. The second-order valence-corrected chi connectivity index (χ2v) is 12.0. The van der Waals surface area contributed by atoms with E-state index in [1.165, 1.54) is 28.7 Å². The van der Waals surface area contributed by atoms with Crippen molar-refractivity contribution in [2.75, 3.05) is 23.4 Å². The molecule has 0 unspecified atom stereocenters. The van der Waals surface area contributed by atoms with E-state index in [2.05, 4.69) is 15.3 Å². The molecular weight excluding hydrogens is 576 g/mol. The molecule has 0 spiro atoms. The molecule has 0 radical (unpaired) electrons. The van der Waals surface area contributed by atoms with Crippen LogP contribution in [0.1, 0.15) is 54.0 Å². The second-order valence-electron chi connectivity index (χ2n) is 9.91. The number of ether oxygens (including phenoxy) is 1. The van der Waals surface area contributed by atoms with E-state index >= 15 is 0 Å². The predicted molar refractivity (Wildman–Crippen MR) is 167 cm³/mol. The van der Waals surface area contributed by atoms with Crippen LogP contribution < -0.4 is 26.4 Å². The Morgan fingerprint density at radius 2 is 2.02 bits per heavy atom. The Kier molecular flexibility index (Phi) is 8.93. The van der Waals surface area contributed by atoms with Gasteiger partial charge in [0, 0.05) is 11.4 Å². The number of carboxylic acid groups (broad SMARTS) is 1. The zero-order chi connectivity index (χ0) is 29.8. The molecule has 6 N–H and O–H groups in total. The number of carboxylic acids is 1. The van der Waals surface area contributed by atoms with Gasteiger partial charge in [-0.25, -0.2) is 19.2 Å². The summed E-state index contributed by atoms with van der Waals surface area (Å²) in [5.41, 5.74) is 16.6. The van der Waals surface area contributed by atoms with Gasteiger partial charge in [0.2, 0.25) is 0 Å². The number of nitrogens with zero attached hydrogens (tertiary/aromatic N) is 3. The lowest BCUT2D eigenvalue weighted by molar-refractivity contribution is 0.0690. The number of para-hydroxylation sites is 1. The number of allylic oxidation sites excluding steroid dienone is 2. The number of benzene rings is 2. The van der Waals surface area contributed by atoms with Crippen LogP contribution in [-0.2, 0) is 12.8 Å². The van der Waals surface area contributed by atoms with Gasteiger partial charge >= 0.3 is 5.97 Å². The normalized spacial score (nSPS) is 14.3. The Hall–Kier alpha value is -4.16. The smallest absolute Gasteiger partial charge is 0.355 e. The van der Waals surface area contributed by atoms with Gasteiger partial charge in [-0.05, 0) is 80.0 Å². The highest BCUT2D eigenvalue weighted by atomic mass is 32.1. The number of halogens is 1. The van der Waals surface area contributed by atoms with Crippen molar-refractivity contribution in [1.29, 1.82) is 0 Å². The van der Waals surface area contributed by atoms with Crippen LogP contribution in [0, 0.1) is 5.82 Å². The van der Waals surface area contributed by atoms with Crippen LogP contribution in [0.5, 0.6) is 5.75 Å². The number of aromatic nitrogens is 2. The van der Waals surface area contributed by atoms with Crippen LogP contribution in [0.25, 0.3) is 10.2 Å². The lowest BCUT2D eigenvalue weighted by Crippen LogP contribution is -2.34. The standard InChI is InChI=1S/C30H33FN6O3S2/c1-3-18-12-13-22(20(31)16-18)40-15-7-11-24-25(28(38)39)35-30(42-24)37-14-6-8-19(27(37)33)17(2)26(32)36-29-34-21-9-4-5-10-23(21)41-29/h4-5,9-10,12-13,16H,3,6-8,11,14-15,32-33H2,1-2H3,(H,34,36)(H,38,39)/b26-17+. The largest absolute Gasteiger partial charge is 0.491 e. The fourth-order valence-electron chi connectivity index (χ4n) is 4.79. The molecule has 2 aromatic carbocycles. The van der Waals surface area contributed by atoms with Crippen LogP contribution in [0.15, 0.2) is 65.3 Å². The lowest BCUT2D eigenvalue weighted by Gasteiger charge is -2.30. The number of nitrogens with two attached hydrogens (primary N) is 2. The molecule has 2 aromatic heterocycles. The predicted octanol–water partition coefficient (Wildman–Crippen LogP) is 6.24. The van der Waals surface area contributed by atoms with Crippen LogP contribution in [0.3, 0.4) is 0 Å². The highest BCUT2D eigenvalue weighted by Crippen LogP contribution is 2.35. The summed E-state index contributed by atoms with van der Waals surface area (Å²) in [6, 6.07) is 12.8. The average molecular weight is 609 g/mol. The molecule has 0 bridgehead atoms. The van der Waals surface area contributed by atoms with Crippen LogP contribution >= 0.6 is 22.7 Å². The summed E-state index contributed by atoms with van der Waals surface area (Å²) in [7, 11) is 0. The maximum atomic E-state index is 14.2. The third-order valence-electron chi connectivity index (χ3n) is 7.13. The fraction of sp³-hybridized carbons (Fsp3) is 0.300. The number of aromatic carboxylic acids is 1. The van der Waals surface area contributed by atoms with Crippen molar-refractivity contribution in [3.8, 4) is 5.75 Å². The van der Waals surface area contributed by atoms with E-state index in [9.17, 15) is 14.3 Å². The Morgan fingerprint density at radius 3 is 2.76 bits per heavy atom. The molecule has 0 saturated carbocycles. The van der Waals surface area contributed by atoms with Gasteiger partial charge in [-0.3, -0.25) is 0 Å². The van der Waals surface area contributed by atoms with E-state index < -0.39 is 11.8 Å². The van der Waals surface area contributed by atoms with E-state index in [4.69, 9.17) is 16.2 Å². The average Bonchev–Trinajstić information content (AvgIpc) is 3.59. The Labute approximate surface area is 251 Å².